The second-order valence-electron chi connectivity index (χ2n) is 8.69. The topological polar surface area (TPSA) is 57.6 Å². The first-order valence-corrected chi connectivity index (χ1v) is 9.92. The predicted molar refractivity (Wildman–Crippen MR) is 89.5 cm³/mol. The molecule has 0 radical (unpaired) electrons. The van der Waals surface area contributed by atoms with E-state index in [0.29, 0.717) is 23.8 Å². The van der Waals surface area contributed by atoms with Gasteiger partial charge in [0, 0.05) is 23.0 Å². The number of carbonyl (C=O) groups excluding carboxylic acids is 2. The van der Waals surface area contributed by atoms with Crippen LogP contribution in [0.2, 0.25) is 0 Å². The molecule has 4 saturated carbocycles. The van der Waals surface area contributed by atoms with Gasteiger partial charge in [0.05, 0.1) is 18.6 Å². The maximum absolute atomic E-state index is 12.8. The Bertz CT molecular complexity index is 562. The van der Waals surface area contributed by atoms with E-state index >= 15 is 0 Å². The molecular weight excluding hydrogens is 310 g/mol. The van der Waals surface area contributed by atoms with Gasteiger partial charge in [-0.15, -0.1) is 0 Å². The molecule has 5 fully saturated rings. The number of hydrogen-bond donors (Lipinski definition) is 1. The lowest BCUT2D eigenvalue weighted by Crippen LogP contribution is -2.44. The van der Waals surface area contributed by atoms with Crippen molar-refractivity contribution in [3.63, 3.8) is 0 Å². The first-order chi connectivity index (χ1) is 10.8. The molecule has 4 bridgehead atoms. The van der Waals surface area contributed by atoms with Crippen molar-refractivity contribution in [2.45, 2.75) is 65.0 Å². The van der Waals surface area contributed by atoms with Crippen LogP contribution in [0.1, 0.15) is 52.9 Å². The van der Waals surface area contributed by atoms with Crippen LogP contribution in [0.25, 0.3) is 0 Å². The van der Waals surface area contributed by atoms with Gasteiger partial charge in [-0.3, -0.25) is 13.9 Å². The third kappa shape index (κ3) is 1.95. The Balaban J connectivity index is 1.46. The van der Waals surface area contributed by atoms with Crippen molar-refractivity contribution in [1.82, 2.24) is 4.31 Å². The van der Waals surface area contributed by atoms with Crippen LogP contribution in [0.3, 0.4) is 0 Å². The molecule has 1 N–H and O–H groups in total. The van der Waals surface area contributed by atoms with Crippen LogP contribution in [0.5, 0.6) is 0 Å². The van der Waals surface area contributed by atoms with Gasteiger partial charge in [0.1, 0.15) is 5.78 Å². The van der Waals surface area contributed by atoms with E-state index in [1.165, 1.54) is 19.3 Å². The van der Waals surface area contributed by atoms with E-state index in [9.17, 15) is 14.7 Å². The smallest absolute Gasteiger partial charge is 0.235 e. The van der Waals surface area contributed by atoms with Gasteiger partial charge in [-0.2, -0.15) is 0 Å². The Morgan fingerprint density at radius 1 is 1.39 bits per heavy atom. The maximum Gasteiger partial charge on any atom is 0.235 e. The number of ketones is 1. The summed E-state index contributed by atoms with van der Waals surface area (Å²) in [6.45, 7) is 5.31. The highest BCUT2D eigenvalue weighted by atomic mass is 32.2. The van der Waals surface area contributed by atoms with E-state index < -0.39 is 11.5 Å². The average Bonchev–Trinajstić information content (AvgIpc) is 3.24. The quantitative estimate of drug-likeness (QED) is 0.784. The molecule has 0 aromatic carbocycles. The van der Waals surface area contributed by atoms with E-state index in [-0.39, 0.29) is 18.1 Å². The Hall–Kier alpha value is -0.550. The standard InChI is InChI=1S/C18H27NO3S/c1-4-13(20)17(2,3)14(21)7-15(22)19-16-12-6-11-5-10(12)8-18(11,16)9-23-19/h10-12,14,16,21H,4-9H2,1-3H3/t10?,11-,12?,14-,16-,18?/m0/s1. The summed E-state index contributed by atoms with van der Waals surface area (Å²) in [5, 5.41) is 10.5. The highest BCUT2D eigenvalue weighted by Crippen LogP contribution is 2.75. The molecule has 128 valence electrons. The molecule has 5 rings (SSSR count). The lowest BCUT2D eigenvalue weighted by molar-refractivity contribution is -0.138. The summed E-state index contributed by atoms with van der Waals surface area (Å²) in [4.78, 5) is 24.9. The molecule has 6 atom stereocenters. The Morgan fingerprint density at radius 2 is 2.13 bits per heavy atom. The largest absolute Gasteiger partial charge is 0.392 e. The number of Topliss-reactive ketones (excluding diaryl/α,β-unsaturated/α-hetero) is 1. The highest BCUT2D eigenvalue weighted by molar-refractivity contribution is 7.97. The van der Waals surface area contributed by atoms with Gasteiger partial charge in [0.15, 0.2) is 0 Å². The van der Waals surface area contributed by atoms with Crippen LogP contribution in [0.4, 0.5) is 0 Å². The summed E-state index contributed by atoms with van der Waals surface area (Å²) in [6.07, 6.45) is 3.57. The Morgan fingerprint density at radius 3 is 2.74 bits per heavy atom. The van der Waals surface area contributed by atoms with E-state index in [2.05, 4.69) is 0 Å². The minimum atomic E-state index is -0.895. The normalized spacial score (nSPS) is 41.7. The predicted octanol–water partition coefficient (Wildman–Crippen LogP) is 2.65. The first-order valence-electron chi connectivity index (χ1n) is 8.97. The van der Waals surface area contributed by atoms with Crippen LogP contribution in [0, 0.1) is 28.6 Å². The maximum atomic E-state index is 12.8. The number of nitrogens with zero attached hydrogens (tertiary/aromatic N) is 1. The fourth-order valence-corrected chi connectivity index (χ4v) is 7.66. The van der Waals surface area contributed by atoms with Crippen molar-refractivity contribution in [2.24, 2.45) is 28.6 Å². The molecule has 4 aliphatic carbocycles. The number of aliphatic hydroxyl groups excluding tert-OH is 1. The van der Waals surface area contributed by atoms with E-state index in [0.717, 1.165) is 17.6 Å². The number of hydrogen-bond acceptors (Lipinski definition) is 4. The molecule has 1 amide bonds. The van der Waals surface area contributed by atoms with Gasteiger partial charge in [-0.05, 0) is 49.0 Å². The van der Waals surface area contributed by atoms with Crippen molar-refractivity contribution < 1.29 is 14.7 Å². The molecule has 0 aromatic rings. The molecule has 1 heterocycles. The van der Waals surface area contributed by atoms with Gasteiger partial charge in [-0.25, -0.2) is 0 Å². The van der Waals surface area contributed by atoms with Gasteiger partial charge in [-0.1, -0.05) is 20.8 Å². The fraction of sp³-hybridized carbons (Fsp3) is 0.889. The second kappa shape index (κ2) is 4.98. The monoisotopic (exact) mass is 337 g/mol. The molecule has 1 aliphatic heterocycles. The van der Waals surface area contributed by atoms with Crippen LogP contribution in [-0.4, -0.2) is 39.0 Å². The van der Waals surface area contributed by atoms with Gasteiger partial charge in [0.25, 0.3) is 0 Å². The lowest BCUT2D eigenvalue weighted by atomic mass is 9.78. The SMILES string of the molecule is CCC(=O)C(C)(C)[C@@H](O)CC(=O)N1SCC23CC4C[C@H]2CC4[C@H]13. The molecule has 1 spiro atoms. The molecular formula is C18H27NO3S. The molecule has 23 heavy (non-hydrogen) atoms. The Kier molecular flexibility index (Phi) is 3.45. The summed E-state index contributed by atoms with van der Waals surface area (Å²) in [5.74, 6) is 3.49. The molecule has 5 aliphatic rings. The van der Waals surface area contributed by atoms with Crippen molar-refractivity contribution in [3.8, 4) is 0 Å². The minimum Gasteiger partial charge on any atom is -0.392 e. The average molecular weight is 337 g/mol. The third-order valence-corrected chi connectivity index (χ3v) is 8.79. The number of amides is 1. The second-order valence-corrected chi connectivity index (χ2v) is 9.63. The molecule has 3 unspecified atom stereocenters. The first kappa shape index (κ1) is 15.9. The van der Waals surface area contributed by atoms with E-state index in [1.54, 1.807) is 32.7 Å². The molecule has 5 heteroatoms. The number of aliphatic hydroxyl groups is 1. The van der Waals surface area contributed by atoms with E-state index in [1.807, 2.05) is 4.31 Å². The summed E-state index contributed by atoms with van der Waals surface area (Å²) < 4.78 is 2.00. The molecule has 0 aromatic heterocycles. The van der Waals surface area contributed by atoms with Crippen molar-refractivity contribution in [3.05, 3.63) is 0 Å². The zero-order valence-corrected chi connectivity index (χ0v) is 15.1. The molecule has 4 nitrogen and oxygen atoms in total. The molecule has 1 saturated heterocycles. The van der Waals surface area contributed by atoms with Crippen LogP contribution in [0.15, 0.2) is 0 Å². The van der Waals surface area contributed by atoms with E-state index in [4.69, 9.17) is 0 Å². The summed E-state index contributed by atoms with van der Waals surface area (Å²) in [6, 6.07) is 0.404. The van der Waals surface area contributed by atoms with Crippen LogP contribution < -0.4 is 0 Å². The van der Waals surface area contributed by atoms with Crippen molar-refractivity contribution in [1.29, 1.82) is 0 Å². The van der Waals surface area contributed by atoms with Crippen molar-refractivity contribution in [2.75, 3.05) is 5.75 Å². The van der Waals surface area contributed by atoms with Crippen molar-refractivity contribution >= 4 is 23.6 Å². The zero-order chi connectivity index (χ0) is 16.6. The summed E-state index contributed by atoms with van der Waals surface area (Å²) in [5.41, 5.74) is -0.460. The minimum absolute atomic E-state index is 0.0190. The zero-order valence-electron chi connectivity index (χ0n) is 14.2. The summed E-state index contributed by atoms with van der Waals surface area (Å²) >= 11 is 1.68. The van der Waals surface area contributed by atoms with Gasteiger partial charge in [0.2, 0.25) is 5.91 Å². The highest BCUT2D eigenvalue weighted by Gasteiger charge is 2.73. The van der Waals surface area contributed by atoms with Crippen LogP contribution >= 0.6 is 11.9 Å². The summed E-state index contributed by atoms with van der Waals surface area (Å²) in [7, 11) is 0. The third-order valence-electron chi connectivity index (χ3n) is 7.41. The Labute approximate surface area is 142 Å². The number of rotatable bonds is 5. The fourth-order valence-electron chi connectivity index (χ4n) is 6.01. The van der Waals surface area contributed by atoms with Gasteiger partial charge >= 0.3 is 0 Å². The van der Waals surface area contributed by atoms with Gasteiger partial charge < -0.3 is 5.11 Å². The lowest BCUT2D eigenvalue weighted by Gasteiger charge is -2.33. The van der Waals surface area contributed by atoms with Crippen LogP contribution in [-0.2, 0) is 9.59 Å². The number of carbonyl (C=O) groups is 2.